The minimum Gasteiger partial charge on any atom is -0.398 e. The van der Waals surface area contributed by atoms with Gasteiger partial charge in [-0.25, -0.2) is 0 Å². The van der Waals surface area contributed by atoms with Gasteiger partial charge >= 0.3 is 0 Å². The molecule has 80 valence electrons. The van der Waals surface area contributed by atoms with E-state index in [2.05, 4.69) is 0 Å². The van der Waals surface area contributed by atoms with Crippen molar-refractivity contribution in [1.82, 2.24) is 0 Å². The third kappa shape index (κ3) is 2.83. The first-order chi connectivity index (χ1) is 7.06. The van der Waals surface area contributed by atoms with E-state index in [4.69, 9.17) is 22.6 Å². The summed E-state index contributed by atoms with van der Waals surface area (Å²) in [5.74, 6) is 0. The zero-order valence-corrected chi connectivity index (χ0v) is 8.65. The van der Waals surface area contributed by atoms with Crippen LogP contribution in [0.5, 0.6) is 0 Å². The molecular formula is C10H11ClN2O2. The van der Waals surface area contributed by atoms with Crippen molar-refractivity contribution in [2.75, 3.05) is 5.73 Å². The van der Waals surface area contributed by atoms with E-state index < -0.39 is 12.2 Å². The molecule has 1 aromatic carbocycles. The highest BCUT2D eigenvalue weighted by atomic mass is 35.5. The van der Waals surface area contributed by atoms with Crippen LogP contribution in [-0.4, -0.2) is 16.3 Å². The molecule has 4 N–H and O–H groups in total. The third-order valence-electron chi connectivity index (χ3n) is 2.03. The van der Waals surface area contributed by atoms with E-state index in [-0.39, 0.29) is 6.42 Å². The van der Waals surface area contributed by atoms with Crippen LogP contribution in [0, 0.1) is 11.3 Å². The molecule has 2 atom stereocenters. The van der Waals surface area contributed by atoms with Gasteiger partial charge in [0.2, 0.25) is 0 Å². The van der Waals surface area contributed by atoms with Crippen molar-refractivity contribution in [2.45, 2.75) is 18.6 Å². The number of halogens is 1. The lowest BCUT2D eigenvalue weighted by Gasteiger charge is -2.17. The first kappa shape index (κ1) is 11.8. The average molecular weight is 227 g/mol. The quantitative estimate of drug-likeness (QED) is 0.676. The highest BCUT2D eigenvalue weighted by molar-refractivity contribution is 6.30. The van der Waals surface area contributed by atoms with Gasteiger partial charge in [0.05, 0.1) is 18.6 Å². The number of aliphatic hydroxyl groups is 2. The minimum absolute atomic E-state index is 0.150. The van der Waals surface area contributed by atoms with E-state index >= 15 is 0 Å². The summed E-state index contributed by atoms with van der Waals surface area (Å²) in [6.45, 7) is 0. The number of rotatable bonds is 3. The van der Waals surface area contributed by atoms with E-state index in [1.54, 1.807) is 12.1 Å². The summed E-state index contributed by atoms with van der Waals surface area (Å²) in [4.78, 5) is 0. The van der Waals surface area contributed by atoms with Crippen molar-refractivity contribution in [1.29, 1.82) is 5.26 Å². The molecule has 0 aliphatic carbocycles. The zero-order valence-electron chi connectivity index (χ0n) is 7.89. The second-order valence-electron chi connectivity index (χ2n) is 3.15. The number of nitrogens with zero attached hydrogens (tertiary/aromatic N) is 1. The van der Waals surface area contributed by atoms with Gasteiger partial charge in [0.1, 0.15) is 6.10 Å². The fourth-order valence-corrected chi connectivity index (χ4v) is 1.41. The number of aliphatic hydroxyl groups excluding tert-OH is 2. The summed E-state index contributed by atoms with van der Waals surface area (Å²) in [7, 11) is 0. The molecule has 15 heavy (non-hydrogen) atoms. The van der Waals surface area contributed by atoms with Crippen LogP contribution in [-0.2, 0) is 0 Å². The number of nitrogen functional groups attached to an aromatic ring is 1. The summed E-state index contributed by atoms with van der Waals surface area (Å²) in [5.41, 5.74) is 6.29. The van der Waals surface area contributed by atoms with Gasteiger partial charge in [0.25, 0.3) is 0 Å². The summed E-state index contributed by atoms with van der Waals surface area (Å²) < 4.78 is 0. The molecule has 2 unspecified atom stereocenters. The normalized spacial score (nSPS) is 14.3. The number of nitriles is 1. The predicted molar refractivity (Wildman–Crippen MR) is 57.1 cm³/mol. The maximum absolute atomic E-state index is 9.67. The van der Waals surface area contributed by atoms with Crippen LogP contribution in [0.3, 0.4) is 0 Å². The average Bonchev–Trinajstić information content (AvgIpc) is 2.17. The fourth-order valence-electron chi connectivity index (χ4n) is 1.23. The Morgan fingerprint density at radius 2 is 2.13 bits per heavy atom. The Morgan fingerprint density at radius 3 is 2.67 bits per heavy atom. The SMILES string of the molecule is N#CCC(O)C(O)c1ccc(Cl)cc1N. The van der Waals surface area contributed by atoms with E-state index in [9.17, 15) is 10.2 Å². The Morgan fingerprint density at radius 1 is 1.47 bits per heavy atom. The van der Waals surface area contributed by atoms with Crippen LogP contribution in [0.2, 0.25) is 5.02 Å². The molecule has 4 nitrogen and oxygen atoms in total. The Kier molecular flexibility index (Phi) is 3.92. The van der Waals surface area contributed by atoms with Crippen molar-refractivity contribution < 1.29 is 10.2 Å². The van der Waals surface area contributed by atoms with Gasteiger partial charge in [-0.1, -0.05) is 17.7 Å². The molecule has 0 amide bonds. The van der Waals surface area contributed by atoms with Gasteiger partial charge in [0.15, 0.2) is 0 Å². The van der Waals surface area contributed by atoms with E-state index in [1.807, 2.05) is 0 Å². The maximum atomic E-state index is 9.67. The maximum Gasteiger partial charge on any atom is 0.108 e. The molecule has 5 heteroatoms. The number of hydrogen-bond acceptors (Lipinski definition) is 4. The van der Waals surface area contributed by atoms with Crippen molar-refractivity contribution in [3.63, 3.8) is 0 Å². The van der Waals surface area contributed by atoms with Crippen molar-refractivity contribution in [3.05, 3.63) is 28.8 Å². The van der Waals surface area contributed by atoms with Crippen molar-refractivity contribution >= 4 is 17.3 Å². The van der Waals surface area contributed by atoms with Gasteiger partial charge in [-0.15, -0.1) is 0 Å². The molecule has 1 rings (SSSR count). The largest absolute Gasteiger partial charge is 0.398 e. The minimum atomic E-state index is -1.16. The lowest BCUT2D eigenvalue weighted by atomic mass is 10.0. The van der Waals surface area contributed by atoms with Crippen LogP contribution in [0.4, 0.5) is 5.69 Å². The van der Waals surface area contributed by atoms with Crippen LogP contribution >= 0.6 is 11.6 Å². The van der Waals surface area contributed by atoms with Crippen LogP contribution in [0.25, 0.3) is 0 Å². The Balaban J connectivity index is 2.91. The topological polar surface area (TPSA) is 90.3 Å². The number of benzene rings is 1. The van der Waals surface area contributed by atoms with E-state index in [0.717, 1.165) is 0 Å². The molecule has 1 aromatic rings. The van der Waals surface area contributed by atoms with Crippen LogP contribution < -0.4 is 5.73 Å². The fraction of sp³-hybridized carbons (Fsp3) is 0.300. The Bertz CT molecular complexity index is 389. The molecule has 0 heterocycles. The lowest BCUT2D eigenvalue weighted by molar-refractivity contribution is 0.0221. The molecule has 0 saturated carbocycles. The molecule has 0 spiro atoms. The molecule has 0 aliphatic rings. The Labute approximate surface area is 92.5 Å². The highest BCUT2D eigenvalue weighted by Crippen LogP contribution is 2.26. The number of hydrogen-bond donors (Lipinski definition) is 3. The first-order valence-electron chi connectivity index (χ1n) is 4.34. The molecular weight excluding hydrogens is 216 g/mol. The molecule has 0 aliphatic heterocycles. The number of anilines is 1. The van der Waals surface area contributed by atoms with Crippen LogP contribution in [0.15, 0.2) is 18.2 Å². The van der Waals surface area contributed by atoms with Crippen molar-refractivity contribution in [2.24, 2.45) is 0 Å². The van der Waals surface area contributed by atoms with Gasteiger partial charge in [-0.2, -0.15) is 5.26 Å². The summed E-state index contributed by atoms with van der Waals surface area (Å²) in [5, 5.41) is 27.9. The van der Waals surface area contributed by atoms with Gasteiger partial charge in [-0.3, -0.25) is 0 Å². The second kappa shape index (κ2) is 4.99. The third-order valence-corrected chi connectivity index (χ3v) is 2.27. The molecule has 0 saturated heterocycles. The van der Waals surface area contributed by atoms with Gasteiger partial charge < -0.3 is 15.9 Å². The summed E-state index contributed by atoms with van der Waals surface area (Å²) in [6.07, 6.45) is -2.45. The molecule has 0 radical (unpaired) electrons. The van der Waals surface area contributed by atoms with Gasteiger partial charge in [-0.05, 0) is 12.1 Å². The molecule has 0 aromatic heterocycles. The zero-order chi connectivity index (χ0) is 11.4. The number of nitrogens with two attached hydrogens (primary N) is 1. The highest BCUT2D eigenvalue weighted by Gasteiger charge is 2.20. The predicted octanol–water partition coefficient (Wildman–Crippen LogP) is 1.23. The standard InChI is InChI=1S/C10H11ClN2O2/c11-6-1-2-7(8(13)5-6)10(15)9(14)3-4-12/h1-2,5,9-10,14-15H,3,13H2. The monoisotopic (exact) mass is 226 g/mol. The Hall–Kier alpha value is -1.28. The second-order valence-corrected chi connectivity index (χ2v) is 3.58. The summed E-state index contributed by atoms with van der Waals surface area (Å²) >= 11 is 5.69. The first-order valence-corrected chi connectivity index (χ1v) is 4.72. The molecule has 0 bridgehead atoms. The summed E-state index contributed by atoms with van der Waals surface area (Å²) in [6, 6.07) is 6.35. The van der Waals surface area contributed by atoms with E-state index in [1.165, 1.54) is 12.1 Å². The van der Waals surface area contributed by atoms with Gasteiger partial charge in [0, 0.05) is 16.3 Å². The van der Waals surface area contributed by atoms with Crippen molar-refractivity contribution in [3.8, 4) is 6.07 Å². The molecule has 0 fully saturated rings. The van der Waals surface area contributed by atoms with Crippen LogP contribution in [0.1, 0.15) is 18.1 Å². The van der Waals surface area contributed by atoms with E-state index in [0.29, 0.717) is 16.3 Å². The smallest absolute Gasteiger partial charge is 0.108 e. The lowest BCUT2D eigenvalue weighted by Crippen LogP contribution is -2.18.